The fourth-order valence-electron chi connectivity index (χ4n) is 2.33. The molecule has 0 amide bonds. The number of hydrogen-bond donors (Lipinski definition) is 0. The van der Waals surface area contributed by atoms with Crippen LogP contribution in [0.2, 0.25) is 0 Å². The molecule has 0 saturated carbocycles. The van der Waals surface area contributed by atoms with Crippen LogP contribution in [0, 0.1) is 11.3 Å². The average molecular weight is 260 g/mol. The van der Waals surface area contributed by atoms with Crippen LogP contribution in [-0.4, -0.2) is 10.7 Å². The van der Waals surface area contributed by atoms with Crippen LogP contribution in [0.1, 0.15) is 55.8 Å². The second-order valence-electron chi connectivity index (χ2n) is 4.82. The first kappa shape index (κ1) is 13.4. The Kier molecular flexibility index (Phi) is 5.07. The minimum Gasteiger partial charge on any atom is -0.245 e. The smallest absolute Gasteiger partial charge is 0.114 e. The zero-order chi connectivity index (χ0) is 12.8. The molecular formula is C15H20N2S. The maximum atomic E-state index is 9.22. The van der Waals surface area contributed by atoms with Crippen LogP contribution >= 0.6 is 11.8 Å². The minimum absolute atomic E-state index is 0.775. The Morgan fingerprint density at radius 2 is 2.17 bits per heavy atom. The zero-order valence-corrected chi connectivity index (χ0v) is 11.9. The quantitative estimate of drug-likeness (QED) is 0.590. The van der Waals surface area contributed by atoms with Crippen LogP contribution in [0.25, 0.3) is 0 Å². The Hall–Kier alpha value is -1.01. The van der Waals surface area contributed by atoms with Gasteiger partial charge in [-0.2, -0.15) is 5.26 Å². The lowest BCUT2D eigenvalue weighted by Crippen LogP contribution is -2.07. The van der Waals surface area contributed by atoms with Gasteiger partial charge in [-0.25, -0.2) is 4.98 Å². The van der Waals surface area contributed by atoms with Crippen molar-refractivity contribution < 1.29 is 0 Å². The van der Waals surface area contributed by atoms with Gasteiger partial charge in [-0.3, -0.25) is 0 Å². The van der Waals surface area contributed by atoms with Gasteiger partial charge in [0.1, 0.15) is 11.1 Å². The number of thioether (sulfide) groups is 1. The van der Waals surface area contributed by atoms with E-state index in [4.69, 9.17) is 4.98 Å². The molecule has 1 aromatic rings. The predicted octanol–water partition coefficient (Wildman–Crippen LogP) is 4.11. The highest BCUT2D eigenvalue weighted by molar-refractivity contribution is 7.99. The van der Waals surface area contributed by atoms with Crippen molar-refractivity contribution in [3.8, 4) is 6.07 Å². The van der Waals surface area contributed by atoms with Gasteiger partial charge in [0.05, 0.1) is 5.56 Å². The number of hydrogen-bond acceptors (Lipinski definition) is 3. The fraction of sp³-hybridized carbons (Fsp3) is 0.600. The van der Waals surface area contributed by atoms with Crippen molar-refractivity contribution in [2.75, 3.05) is 5.75 Å². The summed E-state index contributed by atoms with van der Waals surface area (Å²) in [6.07, 6.45) is 8.38. The van der Waals surface area contributed by atoms with Crippen molar-refractivity contribution in [2.45, 2.75) is 56.9 Å². The molecule has 0 N–H and O–H groups in total. The van der Waals surface area contributed by atoms with Crippen LogP contribution in [0.3, 0.4) is 0 Å². The summed E-state index contributed by atoms with van der Waals surface area (Å²) in [4.78, 5) is 4.72. The summed E-state index contributed by atoms with van der Waals surface area (Å²) in [6.45, 7) is 2.21. The molecule has 1 aromatic heterocycles. The molecule has 1 aliphatic carbocycles. The van der Waals surface area contributed by atoms with Crippen molar-refractivity contribution in [3.05, 3.63) is 22.9 Å². The molecule has 0 saturated heterocycles. The molecule has 1 aliphatic rings. The Morgan fingerprint density at radius 1 is 1.33 bits per heavy atom. The highest BCUT2D eigenvalue weighted by Gasteiger charge is 2.15. The first-order valence-electron chi connectivity index (χ1n) is 6.91. The van der Waals surface area contributed by atoms with Crippen molar-refractivity contribution in [2.24, 2.45) is 0 Å². The average Bonchev–Trinajstić information content (AvgIpc) is 2.42. The number of unbranched alkanes of at least 4 members (excludes halogenated alkanes) is 2. The van der Waals surface area contributed by atoms with Gasteiger partial charge in [-0.05, 0) is 49.5 Å². The molecule has 0 atom stereocenters. The lowest BCUT2D eigenvalue weighted by atomic mass is 9.95. The second-order valence-corrected chi connectivity index (χ2v) is 5.91. The maximum Gasteiger partial charge on any atom is 0.114 e. The molecule has 18 heavy (non-hydrogen) atoms. The van der Waals surface area contributed by atoms with Crippen LogP contribution in [0.5, 0.6) is 0 Å². The standard InChI is InChI=1S/C15H20N2S/c1-2-3-6-9-18-15-13(11-16)10-12-7-4-5-8-14(12)17-15/h10H,2-9H2,1H3. The van der Waals surface area contributed by atoms with E-state index in [0.29, 0.717) is 0 Å². The largest absolute Gasteiger partial charge is 0.245 e. The van der Waals surface area contributed by atoms with Gasteiger partial charge in [0, 0.05) is 5.69 Å². The Morgan fingerprint density at radius 3 is 2.94 bits per heavy atom. The van der Waals surface area contributed by atoms with Crippen LogP contribution in [0.15, 0.2) is 11.1 Å². The Bertz CT molecular complexity index is 449. The normalized spacial score (nSPS) is 14.0. The maximum absolute atomic E-state index is 9.22. The Labute approximate surface area is 114 Å². The van der Waals surface area contributed by atoms with E-state index >= 15 is 0 Å². The third-order valence-corrected chi connectivity index (χ3v) is 4.45. The zero-order valence-electron chi connectivity index (χ0n) is 11.0. The molecule has 0 radical (unpaired) electrons. The van der Waals surface area contributed by atoms with Gasteiger partial charge in [0.15, 0.2) is 0 Å². The van der Waals surface area contributed by atoms with Crippen molar-refractivity contribution in [1.29, 1.82) is 5.26 Å². The number of aryl methyl sites for hydroxylation is 2. The highest BCUT2D eigenvalue weighted by atomic mass is 32.2. The summed E-state index contributed by atoms with van der Waals surface area (Å²) in [5, 5.41) is 10.2. The van der Waals surface area contributed by atoms with E-state index < -0.39 is 0 Å². The molecule has 0 unspecified atom stereocenters. The molecule has 0 aromatic carbocycles. The van der Waals surface area contributed by atoms with E-state index in [1.54, 1.807) is 11.8 Å². The molecule has 1 heterocycles. The first-order valence-corrected chi connectivity index (χ1v) is 7.89. The molecular weight excluding hydrogens is 240 g/mol. The summed E-state index contributed by atoms with van der Waals surface area (Å²) >= 11 is 1.75. The molecule has 0 fully saturated rings. The third-order valence-electron chi connectivity index (χ3n) is 3.37. The monoisotopic (exact) mass is 260 g/mol. The van der Waals surface area contributed by atoms with Gasteiger partial charge in [-0.15, -0.1) is 11.8 Å². The number of nitrogens with zero attached hydrogens (tertiary/aromatic N) is 2. The predicted molar refractivity (Wildman–Crippen MR) is 75.8 cm³/mol. The third kappa shape index (κ3) is 3.26. The number of fused-ring (bicyclic) bond motifs is 1. The summed E-state index contributed by atoms with van der Waals surface area (Å²) in [5.41, 5.74) is 3.31. The topological polar surface area (TPSA) is 36.7 Å². The summed E-state index contributed by atoms with van der Waals surface area (Å²) < 4.78 is 0. The van der Waals surface area contributed by atoms with Gasteiger partial charge < -0.3 is 0 Å². The molecule has 3 heteroatoms. The van der Waals surface area contributed by atoms with Gasteiger partial charge >= 0.3 is 0 Å². The summed E-state index contributed by atoms with van der Waals surface area (Å²) in [5.74, 6) is 1.08. The summed E-state index contributed by atoms with van der Waals surface area (Å²) in [7, 11) is 0. The first-order chi connectivity index (χ1) is 8.85. The van der Waals surface area contributed by atoms with Crippen LogP contribution in [0.4, 0.5) is 0 Å². The molecule has 0 spiro atoms. The van der Waals surface area contributed by atoms with Crippen molar-refractivity contribution in [1.82, 2.24) is 4.98 Å². The lowest BCUT2D eigenvalue weighted by Gasteiger charge is -2.16. The molecule has 0 bridgehead atoms. The number of pyridine rings is 1. The highest BCUT2D eigenvalue weighted by Crippen LogP contribution is 2.27. The van der Waals surface area contributed by atoms with E-state index in [2.05, 4.69) is 19.1 Å². The number of aromatic nitrogens is 1. The fourth-order valence-corrected chi connectivity index (χ4v) is 3.30. The van der Waals surface area contributed by atoms with E-state index in [1.165, 1.54) is 43.4 Å². The number of nitriles is 1. The van der Waals surface area contributed by atoms with Crippen LogP contribution < -0.4 is 0 Å². The van der Waals surface area contributed by atoms with E-state index in [1.807, 2.05) is 0 Å². The minimum atomic E-state index is 0.775. The van der Waals surface area contributed by atoms with Gasteiger partial charge in [0.25, 0.3) is 0 Å². The van der Waals surface area contributed by atoms with Gasteiger partial charge in [-0.1, -0.05) is 19.8 Å². The Balaban J connectivity index is 2.11. The van der Waals surface area contributed by atoms with Crippen LogP contribution in [-0.2, 0) is 12.8 Å². The van der Waals surface area contributed by atoms with Crippen molar-refractivity contribution >= 4 is 11.8 Å². The van der Waals surface area contributed by atoms with Crippen molar-refractivity contribution in [3.63, 3.8) is 0 Å². The van der Waals surface area contributed by atoms with Gasteiger partial charge in [0.2, 0.25) is 0 Å². The molecule has 2 rings (SSSR count). The van der Waals surface area contributed by atoms with E-state index in [9.17, 15) is 5.26 Å². The van der Waals surface area contributed by atoms with E-state index in [-0.39, 0.29) is 0 Å². The second kappa shape index (κ2) is 6.80. The summed E-state index contributed by atoms with van der Waals surface area (Å²) in [6, 6.07) is 4.38. The SMILES string of the molecule is CCCCCSc1nc2c(cc1C#N)CCCC2. The van der Waals surface area contributed by atoms with E-state index in [0.717, 1.165) is 29.2 Å². The molecule has 0 aliphatic heterocycles. The molecule has 2 nitrogen and oxygen atoms in total. The molecule has 96 valence electrons. The lowest BCUT2D eigenvalue weighted by molar-refractivity contribution is 0.660. The number of rotatable bonds is 5.